The van der Waals surface area contributed by atoms with E-state index in [-0.39, 0.29) is 24.1 Å². The van der Waals surface area contributed by atoms with E-state index in [0.717, 1.165) is 24.2 Å². The van der Waals surface area contributed by atoms with E-state index < -0.39 is 23.2 Å². The van der Waals surface area contributed by atoms with E-state index >= 15 is 0 Å². The van der Waals surface area contributed by atoms with Crippen LogP contribution in [0.2, 0.25) is 0 Å². The molecule has 0 aliphatic carbocycles. The number of benzene rings is 2. The summed E-state index contributed by atoms with van der Waals surface area (Å²) in [6.45, 7) is 1.65. The Hall–Kier alpha value is -1.96. The van der Waals surface area contributed by atoms with Crippen LogP contribution in [0.1, 0.15) is 29.5 Å². The van der Waals surface area contributed by atoms with E-state index in [1.165, 1.54) is 0 Å². The van der Waals surface area contributed by atoms with Crippen molar-refractivity contribution >= 4 is 0 Å². The molecule has 2 aliphatic heterocycles. The number of hydrogen-bond acceptors (Lipinski definition) is 3. The zero-order chi connectivity index (χ0) is 20.6. The predicted molar refractivity (Wildman–Crippen MR) is 99.7 cm³/mol. The van der Waals surface area contributed by atoms with Gasteiger partial charge in [0.25, 0.3) is 0 Å². The third kappa shape index (κ3) is 4.63. The Balaban J connectivity index is 1.52. The van der Waals surface area contributed by atoms with Crippen molar-refractivity contribution in [2.24, 2.45) is 0 Å². The van der Waals surface area contributed by atoms with Gasteiger partial charge in [0.15, 0.2) is 0 Å². The fourth-order valence-electron chi connectivity index (χ4n) is 4.64. The molecule has 2 saturated heterocycles. The molecule has 29 heavy (non-hydrogen) atoms. The lowest BCUT2D eigenvalue weighted by atomic mass is 9.77. The van der Waals surface area contributed by atoms with Crippen LogP contribution in [0.25, 0.3) is 0 Å². The van der Waals surface area contributed by atoms with Gasteiger partial charge in [-0.05, 0) is 42.2 Å². The van der Waals surface area contributed by atoms with Crippen LogP contribution in [0.3, 0.4) is 0 Å². The molecule has 2 aliphatic rings. The molecule has 0 spiro atoms. The Morgan fingerprint density at radius 2 is 1.66 bits per heavy atom. The fraction of sp³-hybridized carbons (Fsp3) is 0.455. The van der Waals surface area contributed by atoms with Gasteiger partial charge in [0.1, 0.15) is 5.82 Å². The summed E-state index contributed by atoms with van der Waals surface area (Å²) < 4.78 is 58.5. The number of piperidine rings is 1. The van der Waals surface area contributed by atoms with Gasteiger partial charge in [0.2, 0.25) is 0 Å². The first-order valence-corrected chi connectivity index (χ1v) is 9.68. The summed E-state index contributed by atoms with van der Waals surface area (Å²) in [6, 6.07) is 12.4. The molecule has 0 saturated carbocycles. The van der Waals surface area contributed by atoms with Gasteiger partial charge in [0, 0.05) is 25.0 Å². The molecule has 2 heterocycles. The highest BCUT2D eigenvalue weighted by molar-refractivity contribution is 5.28. The molecule has 3 nitrogen and oxygen atoms in total. The summed E-state index contributed by atoms with van der Waals surface area (Å²) in [6.07, 6.45) is -3.90. The van der Waals surface area contributed by atoms with Crippen molar-refractivity contribution in [1.29, 1.82) is 0 Å². The van der Waals surface area contributed by atoms with E-state index in [0.29, 0.717) is 32.1 Å². The molecule has 0 radical (unpaired) electrons. The molecule has 0 aromatic heterocycles. The summed E-state index contributed by atoms with van der Waals surface area (Å²) >= 11 is 0. The van der Waals surface area contributed by atoms with Gasteiger partial charge in [-0.15, -0.1) is 0 Å². The minimum atomic E-state index is -4.62. The van der Waals surface area contributed by atoms with Crippen LogP contribution >= 0.6 is 0 Å². The zero-order valence-corrected chi connectivity index (χ0v) is 15.8. The van der Waals surface area contributed by atoms with Crippen LogP contribution in [-0.2, 0) is 23.9 Å². The Labute approximate surface area is 166 Å². The highest BCUT2D eigenvalue weighted by Gasteiger charge is 2.46. The number of morpholine rings is 1. The number of hydrogen-bond donors (Lipinski definition) is 1. The highest BCUT2D eigenvalue weighted by atomic mass is 19.4. The van der Waals surface area contributed by atoms with Crippen molar-refractivity contribution in [3.63, 3.8) is 0 Å². The van der Waals surface area contributed by atoms with E-state index in [9.17, 15) is 22.7 Å². The van der Waals surface area contributed by atoms with Gasteiger partial charge in [-0.3, -0.25) is 4.90 Å². The second kappa shape index (κ2) is 7.70. The number of rotatable bonds is 4. The maximum absolute atomic E-state index is 13.8. The Morgan fingerprint density at radius 1 is 1.00 bits per heavy atom. The largest absolute Gasteiger partial charge is 0.416 e. The quantitative estimate of drug-likeness (QED) is 0.769. The van der Waals surface area contributed by atoms with Gasteiger partial charge in [0.05, 0.1) is 24.4 Å². The molecular formula is C22H23F4NO2. The molecule has 2 fully saturated rings. The molecule has 2 atom stereocenters. The standard InChI is InChI=1S/C22H23F4NO2/c23-18-7-16(6-17(8-18)22(24,25)26)9-21(28)10-19-13-29-14-20(11-21)27(19)12-15-4-2-1-3-5-15/h1-8,19-20,28H,9-14H2. The van der Waals surface area contributed by atoms with E-state index in [2.05, 4.69) is 4.90 Å². The fourth-order valence-corrected chi connectivity index (χ4v) is 4.64. The third-order valence-corrected chi connectivity index (χ3v) is 5.82. The summed E-state index contributed by atoms with van der Waals surface area (Å²) in [5.74, 6) is -0.941. The molecule has 2 unspecified atom stereocenters. The summed E-state index contributed by atoms with van der Waals surface area (Å²) in [5, 5.41) is 11.2. The van der Waals surface area contributed by atoms with Gasteiger partial charge < -0.3 is 9.84 Å². The first-order chi connectivity index (χ1) is 13.7. The zero-order valence-electron chi connectivity index (χ0n) is 15.8. The molecular weight excluding hydrogens is 386 g/mol. The lowest BCUT2D eigenvalue weighted by molar-refractivity contribution is -0.146. The molecule has 2 aromatic carbocycles. The number of alkyl halides is 3. The van der Waals surface area contributed by atoms with Crippen molar-refractivity contribution in [2.75, 3.05) is 13.2 Å². The number of fused-ring (bicyclic) bond motifs is 2. The van der Waals surface area contributed by atoms with Crippen molar-refractivity contribution in [3.8, 4) is 0 Å². The molecule has 156 valence electrons. The molecule has 1 N–H and O–H groups in total. The van der Waals surface area contributed by atoms with Crippen LogP contribution in [0.5, 0.6) is 0 Å². The molecule has 7 heteroatoms. The Kier molecular flexibility index (Phi) is 5.40. The SMILES string of the molecule is OC1(Cc2cc(F)cc(C(F)(F)F)c2)CC2COCC(C1)N2Cc1ccccc1. The third-order valence-electron chi connectivity index (χ3n) is 5.82. The maximum atomic E-state index is 13.8. The average Bonchev–Trinajstić information content (AvgIpc) is 2.62. The second-order valence-electron chi connectivity index (χ2n) is 8.16. The van der Waals surface area contributed by atoms with Crippen LogP contribution < -0.4 is 0 Å². The van der Waals surface area contributed by atoms with E-state index in [1.54, 1.807) is 0 Å². The van der Waals surface area contributed by atoms with Crippen LogP contribution in [0, 0.1) is 5.82 Å². The van der Waals surface area contributed by atoms with E-state index in [1.807, 2.05) is 30.3 Å². The second-order valence-corrected chi connectivity index (χ2v) is 8.16. The molecule has 2 bridgehead atoms. The number of aliphatic hydroxyl groups is 1. The lowest BCUT2D eigenvalue weighted by Gasteiger charge is -2.52. The number of ether oxygens (including phenoxy) is 1. The normalized spacial score (nSPS) is 27.8. The molecule has 4 rings (SSSR count). The predicted octanol–water partition coefficient (Wildman–Crippen LogP) is 4.18. The number of halogens is 4. The van der Waals surface area contributed by atoms with Gasteiger partial charge >= 0.3 is 6.18 Å². The summed E-state index contributed by atoms with van der Waals surface area (Å²) in [4.78, 5) is 2.31. The Morgan fingerprint density at radius 3 is 2.28 bits per heavy atom. The van der Waals surface area contributed by atoms with E-state index in [4.69, 9.17) is 4.74 Å². The monoisotopic (exact) mass is 409 g/mol. The number of nitrogens with zero attached hydrogens (tertiary/aromatic N) is 1. The highest BCUT2D eigenvalue weighted by Crippen LogP contribution is 2.38. The van der Waals surface area contributed by atoms with Crippen molar-refractivity contribution in [2.45, 2.75) is 49.7 Å². The first-order valence-electron chi connectivity index (χ1n) is 9.68. The van der Waals surface area contributed by atoms with Crippen LogP contribution in [-0.4, -0.2) is 40.9 Å². The van der Waals surface area contributed by atoms with Crippen molar-refractivity contribution in [3.05, 3.63) is 71.0 Å². The maximum Gasteiger partial charge on any atom is 0.416 e. The molecule has 2 aromatic rings. The van der Waals surface area contributed by atoms with Crippen LogP contribution in [0.4, 0.5) is 17.6 Å². The summed E-state index contributed by atoms with van der Waals surface area (Å²) in [5.41, 5.74) is -0.894. The van der Waals surface area contributed by atoms with Gasteiger partial charge in [-0.1, -0.05) is 30.3 Å². The van der Waals surface area contributed by atoms with Crippen molar-refractivity contribution in [1.82, 2.24) is 4.90 Å². The molecule has 0 amide bonds. The minimum Gasteiger partial charge on any atom is -0.389 e. The van der Waals surface area contributed by atoms with Crippen molar-refractivity contribution < 1.29 is 27.4 Å². The topological polar surface area (TPSA) is 32.7 Å². The first kappa shape index (κ1) is 20.3. The smallest absolute Gasteiger partial charge is 0.389 e. The minimum absolute atomic E-state index is 0.0139. The average molecular weight is 409 g/mol. The Bertz CT molecular complexity index is 842. The summed E-state index contributed by atoms with van der Waals surface area (Å²) in [7, 11) is 0. The lowest BCUT2D eigenvalue weighted by Crippen LogP contribution is -2.61. The van der Waals surface area contributed by atoms with Gasteiger partial charge in [-0.25, -0.2) is 4.39 Å². The van der Waals surface area contributed by atoms with Crippen LogP contribution in [0.15, 0.2) is 48.5 Å². The van der Waals surface area contributed by atoms with Gasteiger partial charge in [-0.2, -0.15) is 13.2 Å².